The second kappa shape index (κ2) is 9.79. The lowest BCUT2D eigenvalue weighted by molar-refractivity contribution is 0.0527. The quantitative estimate of drug-likeness (QED) is 0.695. The van der Waals surface area contributed by atoms with Gasteiger partial charge in [0, 0.05) is 24.9 Å². The molecular formula is C21H23N3O5. The summed E-state index contributed by atoms with van der Waals surface area (Å²) in [6.07, 6.45) is 3.31. The maximum Gasteiger partial charge on any atom is 0.340 e. The van der Waals surface area contributed by atoms with Crippen molar-refractivity contribution in [2.45, 2.75) is 25.9 Å². The molecule has 29 heavy (non-hydrogen) atoms. The molecule has 0 radical (unpaired) electrons. The van der Waals surface area contributed by atoms with Crippen molar-refractivity contribution in [1.82, 2.24) is 10.3 Å². The number of anilines is 1. The van der Waals surface area contributed by atoms with Crippen LogP contribution in [-0.4, -0.2) is 48.6 Å². The number of nitrogens with one attached hydrogen (secondary N) is 2. The van der Waals surface area contributed by atoms with Crippen molar-refractivity contribution in [3.63, 3.8) is 0 Å². The Labute approximate surface area is 168 Å². The molecule has 1 saturated heterocycles. The average Bonchev–Trinajstić information content (AvgIpc) is 3.26. The van der Waals surface area contributed by atoms with E-state index in [4.69, 9.17) is 9.47 Å². The Kier molecular flexibility index (Phi) is 6.91. The first-order chi connectivity index (χ1) is 14.1. The number of benzene rings is 1. The molecule has 0 aliphatic carbocycles. The Hall–Kier alpha value is -3.26. The molecule has 1 atom stereocenters. The number of nitrogens with zero attached hydrogens (tertiary/aromatic N) is 1. The van der Waals surface area contributed by atoms with E-state index in [0.29, 0.717) is 18.8 Å². The first-order valence-electron chi connectivity index (χ1n) is 9.52. The predicted octanol–water partition coefficient (Wildman–Crippen LogP) is 2.42. The zero-order chi connectivity index (χ0) is 20.6. The zero-order valence-electron chi connectivity index (χ0n) is 16.1. The van der Waals surface area contributed by atoms with E-state index in [0.717, 1.165) is 12.8 Å². The molecule has 0 bridgehead atoms. The molecule has 0 spiro atoms. The lowest BCUT2D eigenvalue weighted by atomic mass is 10.1. The molecule has 2 heterocycles. The molecule has 1 unspecified atom stereocenters. The van der Waals surface area contributed by atoms with Crippen molar-refractivity contribution in [1.29, 1.82) is 0 Å². The van der Waals surface area contributed by atoms with Gasteiger partial charge in [-0.05, 0) is 44.0 Å². The summed E-state index contributed by atoms with van der Waals surface area (Å²) >= 11 is 0. The number of amides is 2. The molecule has 1 aliphatic heterocycles. The highest BCUT2D eigenvalue weighted by Gasteiger charge is 2.19. The van der Waals surface area contributed by atoms with E-state index < -0.39 is 11.9 Å². The van der Waals surface area contributed by atoms with Crippen LogP contribution < -0.4 is 10.6 Å². The molecule has 1 aliphatic rings. The van der Waals surface area contributed by atoms with Gasteiger partial charge in [-0.1, -0.05) is 12.1 Å². The van der Waals surface area contributed by atoms with Crippen LogP contribution in [0.2, 0.25) is 0 Å². The minimum Gasteiger partial charge on any atom is -0.462 e. The largest absolute Gasteiger partial charge is 0.462 e. The van der Waals surface area contributed by atoms with Gasteiger partial charge in [-0.2, -0.15) is 0 Å². The van der Waals surface area contributed by atoms with Crippen LogP contribution in [0.1, 0.15) is 51.0 Å². The molecular weight excluding hydrogens is 374 g/mol. The van der Waals surface area contributed by atoms with Gasteiger partial charge in [0.05, 0.1) is 24.0 Å². The summed E-state index contributed by atoms with van der Waals surface area (Å²) in [5.74, 6) is -1.35. The summed E-state index contributed by atoms with van der Waals surface area (Å²) in [6, 6.07) is 9.48. The van der Waals surface area contributed by atoms with Crippen molar-refractivity contribution in [2.24, 2.45) is 0 Å². The molecule has 8 heteroatoms. The third-order valence-electron chi connectivity index (χ3n) is 4.44. The smallest absolute Gasteiger partial charge is 0.340 e. The van der Waals surface area contributed by atoms with E-state index in [1.54, 1.807) is 31.2 Å². The van der Waals surface area contributed by atoms with Gasteiger partial charge in [0.1, 0.15) is 5.69 Å². The molecule has 8 nitrogen and oxygen atoms in total. The summed E-state index contributed by atoms with van der Waals surface area (Å²) in [4.78, 5) is 41.1. The van der Waals surface area contributed by atoms with E-state index in [9.17, 15) is 14.4 Å². The number of aromatic nitrogens is 1. The number of carbonyl (C=O) groups is 3. The van der Waals surface area contributed by atoms with Crippen LogP contribution in [0.15, 0.2) is 42.6 Å². The lowest BCUT2D eigenvalue weighted by Gasteiger charge is -2.12. The fraction of sp³-hybridized carbons (Fsp3) is 0.333. The minimum absolute atomic E-state index is 0.0183. The first-order valence-corrected chi connectivity index (χ1v) is 9.52. The highest BCUT2D eigenvalue weighted by Crippen LogP contribution is 2.18. The van der Waals surface area contributed by atoms with Crippen LogP contribution in [0.5, 0.6) is 0 Å². The van der Waals surface area contributed by atoms with Gasteiger partial charge in [0.15, 0.2) is 0 Å². The van der Waals surface area contributed by atoms with Crippen molar-refractivity contribution in [2.75, 3.05) is 25.1 Å². The number of carbonyl (C=O) groups excluding carboxylic acids is 3. The molecule has 2 N–H and O–H groups in total. The third-order valence-corrected chi connectivity index (χ3v) is 4.44. The van der Waals surface area contributed by atoms with E-state index in [-0.39, 0.29) is 35.4 Å². The summed E-state index contributed by atoms with van der Waals surface area (Å²) < 4.78 is 10.5. The van der Waals surface area contributed by atoms with Gasteiger partial charge < -0.3 is 20.1 Å². The molecule has 0 saturated carbocycles. The van der Waals surface area contributed by atoms with Crippen molar-refractivity contribution in [3.05, 3.63) is 59.4 Å². The molecule has 1 aromatic heterocycles. The van der Waals surface area contributed by atoms with Gasteiger partial charge in [0.2, 0.25) is 0 Å². The fourth-order valence-electron chi connectivity index (χ4n) is 2.97. The normalized spacial score (nSPS) is 15.6. The van der Waals surface area contributed by atoms with Crippen LogP contribution in [-0.2, 0) is 9.47 Å². The second-order valence-electron chi connectivity index (χ2n) is 6.49. The van der Waals surface area contributed by atoms with Gasteiger partial charge in [-0.3, -0.25) is 14.6 Å². The first kappa shape index (κ1) is 20.5. The monoisotopic (exact) mass is 397 g/mol. The molecule has 2 amide bonds. The Balaban J connectivity index is 1.68. The molecule has 152 valence electrons. The van der Waals surface area contributed by atoms with Crippen molar-refractivity contribution < 1.29 is 23.9 Å². The standard InChI is InChI=1S/C21H23N3O5/c1-2-28-21(27)16-7-3-4-8-17(16)24-19(25)14-9-10-22-18(12-14)20(26)23-13-15-6-5-11-29-15/h3-4,7-10,12,15H,2,5-6,11,13H2,1H3,(H,23,26)(H,24,25). The number of hydrogen-bond donors (Lipinski definition) is 2. The number of pyridine rings is 1. The van der Waals surface area contributed by atoms with E-state index >= 15 is 0 Å². The zero-order valence-corrected chi connectivity index (χ0v) is 16.1. The number of rotatable bonds is 7. The Morgan fingerprint density at radius 2 is 2.03 bits per heavy atom. The number of para-hydroxylation sites is 1. The molecule has 3 rings (SSSR count). The van der Waals surface area contributed by atoms with Gasteiger partial charge >= 0.3 is 5.97 Å². The highest BCUT2D eigenvalue weighted by atomic mass is 16.5. The van der Waals surface area contributed by atoms with Crippen LogP contribution in [0.3, 0.4) is 0 Å². The predicted molar refractivity (Wildman–Crippen MR) is 106 cm³/mol. The summed E-state index contributed by atoms with van der Waals surface area (Å²) in [5, 5.41) is 5.47. The van der Waals surface area contributed by atoms with Crippen LogP contribution in [0.25, 0.3) is 0 Å². The lowest BCUT2D eigenvalue weighted by Crippen LogP contribution is -2.32. The second-order valence-corrected chi connectivity index (χ2v) is 6.49. The number of esters is 1. The Morgan fingerprint density at radius 1 is 1.21 bits per heavy atom. The summed E-state index contributed by atoms with van der Waals surface area (Å²) in [6.45, 7) is 3.06. The number of ether oxygens (including phenoxy) is 2. The van der Waals surface area contributed by atoms with Gasteiger partial charge in [-0.25, -0.2) is 4.79 Å². The third kappa shape index (κ3) is 5.39. The van der Waals surface area contributed by atoms with Gasteiger partial charge in [-0.15, -0.1) is 0 Å². The van der Waals surface area contributed by atoms with E-state index in [2.05, 4.69) is 15.6 Å². The molecule has 2 aromatic rings. The minimum atomic E-state index is -0.521. The average molecular weight is 397 g/mol. The van der Waals surface area contributed by atoms with E-state index in [1.165, 1.54) is 18.3 Å². The maximum absolute atomic E-state index is 12.6. The number of hydrogen-bond acceptors (Lipinski definition) is 6. The van der Waals surface area contributed by atoms with E-state index in [1.807, 2.05) is 0 Å². The molecule has 1 aromatic carbocycles. The maximum atomic E-state index is 12.6. The van der Waals surface area contributed by atoms with Gasteiger partial charge in [0.25, 0.3) is 11.8 Å². The van der Waals surface area contributed by atoms with Crippen molar-refractivity contribution in [3.8, 4) is 0 Å². The highest BCUT2D eigenvalue weighted by molar-refractivity contribution is 6.08. The van der Waals surface area contributed by atoms with Crippen molar-refractivity contribution >= 4 is 23.5 Å². The fourth-order valence-corrected chi connectivity index (χ4v) is 2.97. The Morgan fingerprint density at radius 3 is 2.79 bits per heavy atom. The summed E-state index contributed by atoms with van der Waals surface area (Å²) in [7, 11) is 0. The van der Waals surface area contributed by atoms with Crippen LogP contribution in [0.4, 0.5) is 5.69 Å². The van der Waals surface area contributed by atoms with Crippen LogP contribution >= 0.6 is 0 Å². The topological polar surface area (TPSA) is 107 Å². The summed E-state index contributed by atoms with van der Waals surface area (Å²) in [5.41, 5.74) is 0.971. The molecule has 1 fully saturated rings. The Bertz CT molecular complexity index is 893. The SMILES string of the molecule is CCOC(=O)c1ccccc1NC(=O)c1ccnc(C(=O)NCC2CCCO2)c1. The van der Waals surface area contributed by atoms with Crippen LogP contribution in [0, 0.1) is 0 Å².